The molecule has 0 saturated heterocycles. The van der Waals surface area contributed by atoms with Crippen LogP contribution < -0.4 is 0 Å². The van der Waals surface area contributed by atoms with Crippen LogP contribution in [0.15, 0.2) is 162 Å². The van der Waals surface area contributed by atoms with Crippen LogP contribution in [0.5, 0.6) is 0 Å². The number of pyridine rings is 1. The van der Waals surface area contributed by atoms with Crippen molar-refractivity contribution in [2.24, 2.45) is 0 Å². The van der Waals surface area contributed by atoms with Gasteiger partial charge >= 0.3 is 0 Å². The zero-order chi connectivity index (χ0) is 50.1. The van der Waals surface area contributed by atoms with Gasteiger partial charge < -0.3 is 14.0 Å². The van der Waals surface area contributed by atoms with Gasteiger partial charge in [-0.05, 0) is 130 Å². The monoisotopic (exact) mass is 1130 g/mol. The number of nitrogens with zero attached hydrogens (tertiary/aromatic N) is 3. The molecule has 8 aromatic carbocycles. The molecular weight excluding hydrogens is 1070 g/mol. The van der Waals surface area contributed by atoms with Gasteiger partial charge in [0, 0.05) is 37.4 Å². The summed E-state index contributed by atoms with van der Waals surface area (Å²) >= 11 is 0. The van der Waals surface area contributed by atoms with E-state index in [0.29, 0.717) is 0 Å². The van der Waals surface area contributed by atoms with Gasteiger partial charge in [-0.25, -0.2) is 0 Å². The van der Waals surface area contributed by atoms with E-state index >= 15 is 0 Å². The van der Waals surface area contributed by atoms with Crippen LogP contribution in [0.3, 0.4) is 0 Å². The van der Waals surface area contributed by atoms with E-state index < -0.39 is 0 Å². The molecule has 2 aliphatic carbocycles. The van der Waals surface area contributed by atoms with Gasteiger partial charge in [-0.15, -0.1) is 54.1 Å². The van der Waals surface area contributed by atoms with Crippen molar-refractivity contribution in [2.75, 3.05) is 0 Å². The molecule has 0 aliphatic heterocycles. The van der Waals surface area contributed by atoms with Gasteiger partial charge in [0.2, 0.25) is 0 Å². The molecule has 0 fully saturated rings. The van der Waals surface area contributed by atoms with Crippen LogP contribution in [-0.2, 0) is 47.2 Å². The van der Waals surface area contributed by atoms with Crippen LogP contribution in [0.25, 0.3) is 94.0 Å². The van der Waals surface area contributed by atoms with Crippen LogP contribution in [0, 0.1) is 12.1 Å². The molecule has 0 unspecified atom stereocenters. The summed E-state index contributed by atoms with van der Waals surface area (Å²) in [6.07, 6.45) is 4.07. The van der Waals surface area contributed by atoms with Crippen molar-refractivity contribution in [3.8, 4) is 39.5 Å². The number of imidazole rings is 1. The van der Waals surface area contributed by atoms with Crippen molar-refractivity contribution in [3.05, 3.63) is 198 Å². The van der Waals surface area contributed by atoms with Gasteiger partial charge in [-0.1, -0.05) is 178 Å². The Morgan fingerprint density at radius 2 is 1.21 bits per heavy atom. The number of fused-ring (bicyclic) bond motifs is 9. The maximum Gasteiger partial charge on any atom is 0.121 e. The Hall–Kier alpha value is -6.65. The summed E-state index contributed by atoms with van der Waals surface area (Å²) in [5.74, 6) is 0.878. The van der Waals surface area contributed by atoms with Crippen LogP contribution in [-0.4, -0.2) is 14.5 Å². The first-order valence-electron chi connectivity index (χ1n) is 25.7. The molecule has 0 amide bonds. The first-order valence-corrected chi connectivity index (χ1v) is 25.7. The summed E-state index contributed by atoms with van der Waals surface area (Å²) in [5.41, 5.74) is 17.8. The molecule has 0 saturated carbocycles. The average Bonchev–Trinajstić information content (AvgIpc) is 4.03. The summed E-state index contributed by atoms with van der Waals surface area (Å²) in [7, 11) is 0. The fraction of sp³-hybridized carbons (Fsp3) is 0.265. The quantitative estimate of drug-likeness (QED) is 0.130. The third-order valence-electron chi connectivity index (χ3n) is 15.9. The van der Waals surface area contributed by atoms with E-state index in [-0.39, 0.29) is 47.2 Å². The van der Waals surface area contributed by atoms with Crippen LogP contribution in [0.2, 0.25) is 0 Å². The minimum absolute atomic E-state index is 0. The molecule has 73 heavy (non-hydrogen) atoms. The molecule has 13 rings (SSSR count). The molecule has 0 atom stereocenters. The number of furan rings is 1. The number of hydrogen-bond donors (Lipinski definition) is 0. The smallest absolute Gasteiger partial charge is 0.121 e. The maximum atomic E-state index is 7.01. The van der Waals surface area contributed by atoms with E-state index in [9.17, 15) is 0 Å². The number of rotatable bonds is 4. The average molecular weight is 1130 g/mol. The van der Waals surface area contributed by atoms with Gasteiger partial charge in [0.25, 0.3) is 0 Å². The third-order valence-corrected chi connectivity index (χ3v) is 15.9. The molecule has 3 heterocycles. The fourth-order valence-electron chi connectivity index (χ4n) is 13.5. The predicted octanol–water partition coefficient (Wildman–Crippen LogP) is 18.1. The molecule has 2 aliphatic rings. The van der Waals surface area contributed by atoms with E-state index in [2.05, 4.69) is 225 Å². The third kappa shape index (κ3) is 7.89. The SMILES string of the molecule is CC(C)(C)c1ccc(-c2[c-]cccc2)nc1.CC1(C)CC(C)(C)c2c(-n3c(-c4[c-]ccc5c4oc4cc6c(ccc7ccccc76)cc45)nc4ccccc43)c3c(c(-c4ccccc4)c21)C(C)(C)CC3(C)C.[Ir]. The molecule has 367 valence electrons. The van der Waals surface area contributed by atoms with Gasteiger partial charge in [0.1, 0.15) is 5.58 Å². The fourth-order valence-corrected chi connectivity index (χ4v) is 13.5. The topological polar surface area (TPSA) is 43.9 Å². The normalized spacial score (nSPS) is 16.1. The van der Waals surface area contributed by atoms with Crippen molar-refractivity contribution in [1.29, 1.82) is 0 Å². The standard InChI is InChI=1S/C53H47N2O.C15H16N.Ir/c1-50(2)29-52(5,6)45-43(50)42(32-18-10-9-11-19-32)44-46(53(7,8)30-51(44,3)4)47(45)55-40-24-15-14-23-39(40)54-49(55)36-22-16-21-35-38-27-33-26-25-31-17-12-13-20-34(31)37(33)28-41(38)56-48(35)36;1-15(2,3)13-9-10-14(16-11-13)12-7-5-4-6-8-12;/h9-21,23-28H,29-30H2,1-8H3;4-7,9-11H,1-3H3;/q2*-1;. The molecule has 0 bridgehead atoms. The van der Waals surface area contributed by atoms with Crippen molar-refractivity contribution in [3.63, 3.8) is 0 Å². The minimum Gasteiger partial charge on any atom is -0.501 e. The Labute approximate surface area is 444 Å². The zero-order valence-electron chi connectivity index (χ0n) is 44.0. The van der Waals surface area contributed by atoms with Crippen molar-refractivity contribution in [2.45, 2.75) is 116 Å². The first kappa shape index (κ1) is 48.6. The summed E-state index contributed by atoms with van der Waals surface area (Å²) in [6.45, 7) is 26.3. The van der Waals surface area contributed by atoms with Crippen LogP contribution in [0.1, 0.15) is 117 Å². The predicted molar refractivity (Wildman–Crippen MR) is 302 cm³/mol. The van der Waals surface area contributed by atoms with Crippen LogP contribution >= 0.6 is 0 Å². The minimum atomic E-state index is -0.101. The van der Waals surface area contributed by atoms with Gasteiger partial charge in [-0.3, -0.25) is 4.98 Å². The molecule has 4 nitrogen and oxygen atoms in total. The summed E-state index contributed by atoms with van der Waals surface area (Å²) in [6, 6.07) is 60.7. The van der Waals surface area contributed by atoms with E-state index in [1.54, 1.807) is 0 Å². The molecule has 3 aromatic heterocycles. The van der Waals surface area contributed by atoms with Gasteiger partial charge in [-0.2, -0.15) is 0 Å². The van der Waals surface area contributed by atoms with Crippen molar-refractivity contribution in [1.82, 2.24) is 14.5 Å². The number of benzene rings is 8. The Bertz CT molecular complexity index is 3880. The molecular formula is C68H63IrN3O-2. The van der Waals surface area contributed by atoms with Crippen molar-refractivity contribution >= 4 is 54.5 Å². The maximum absolute atomic E-state index is 7.01. The summed E-state index contributed by atoms with van der Waals surface area (Å²) < 4.78 is 9.53. The second-order valence-corrected chi connectivity index (χ2v) is 24.3. The second-order valence-electron chi connectivity index (χ2n) is 24.3. The van der Waals surface area contributed by atoms with Crippen LogP contribution in [0.4, 0.5) is 0 Å². The van der Waals surface area contributed by atoms with E-state index in [1.807, 2.05) is 30.5 Å². The largest absolute Gasteiger partial charge is 0.501 e. The zero-order valence-corrected chi connectivity index (χ0v) is 46.4. The second kappa shape index (κ2) is 17.2. The first-order chi connectivity index (χ1) is 34.3. The van der Waals surface area contributed by atoms with E-state index in [4.69, 9.17) is 9.40 Å². The number of hydrogen-bond acceptors (Lipinski definition) is 3. The van der Waals surface area contributed by atoms with E-state index in [1.165, 1.54) is 66.2 Å². The molecule has 11 aromatic rings. The molecule has 0 spiro atoms. The molecule has 1 radical (unpaired) electrons. The summed E-state index contributed by atoms with van der Waals surface area (Å²) in [4.78, 5) is 10.0. The van der Waals surface area contributed by atoms with Crippen molar-refractivity contribution < 1.29 is 24.5 Å². The number of aromatic nitrogens is 3. The molecule has 0 N–H and O–H groups in total. The number of para-hydroxylation sites is 2. The van der Waals surface area contributed by atoms with Gasteiger partial charge in [0.15, 0.2) is 0 Å². The Morgan fingerprint density at radius 1 is 0.562 bits per heavy atom. The summed E-state index contributed by atoms with van der Waals surface area (Å²) in [5, 5.41) is 7.07. The van der Waals surface area contributed by atoms with Gasteiger partial charge in [0.05, 0.1) is 22.4 Å². The Balaban J connectivity index is 0.000000289. The molecule has 5 heteroatoms. The van der Waals surface area contributed by atoms with E-state index in [0.717, 1.165) is 68.5 Å². The Morgan fingerprint density at radius 3 is 1.88 bits per heavy atom. The Kier molecular flexibility index (Phi) is 11.5.